The van der Waals surface area contributed by atoms with Crippen LogP contribution in [-0.4, -0.2) is 16.8 Å². The second kappa shape index (κ2) is 7.46. The van der Waals surface area contributed by atoms with E-state index in [-0.39, 0.29) is 11.5 Å². The van der Waals surface area contributed by atoms with Gasteiger partial charge in [-0.25, -0.2) is 9.82 Å². The van der Waals surface area contributed by atoms with E-state index in [1.54, 1.807) is 5.43 Å². The molecule has 3 rings (SSSR count). The van der Waals surface area contributed by atoms with Crippen molar-refractivity contribution in [2.75, 3.05) is 6.61 Å². The highest BCUT2D eigenvalue weighted by atomic mass is 35.5. The van der Waals surface area contributed by atoms with Crippen LogP contribution in [0.25, 0.3) is 0 Å². The Kier molecular flexibility index (Phi) is 5.49. The van der Waals surface area contributed by atoms with Gasteiger partial charge in [0.2, 0.25) is 0 Å². The van der Waals surface area contributed by atoms with E-state index >= 15 is 0 Å². The first-order valence-electron chi connectivity index (χ1n) is 8.36. The van der Waals surface area contributed by atoms with E-state index in [2.05, 4.69) is 5.29 Å². The summed E-state index contributed by atoms with van der Waals surface area (Å²) in [5.41, 5.74) is 2.33. The van der Waals surface area contributed by atoms with E-state index in [9.17, 15) is 14.1 Å². The number of ether oxygens (including phenoxy) is 1. The molecular weight excluding hydrogens is 370 g/mol. The van der Waals surface area contributed by atoms with Crippen LogP contribution in [-0.2, 0) is 0 Å². The van der Waals surface area contributed by atoms with E-state index in [1.165, 1.54) is 12.1 Å². The van der Waals surface area contributed by atoms with Crippen LogP contribution in [0.1, 0.15) is 60.4 Å². The van der Waals surface area contributed by atoms with Crippen LogP contribution in [0.3, 0.4) is 0 Å². The number of alkyl halides is 2. The summed E-state index contributed by atoms with van der Waals surface area (Å²) < 4.78 is 19.5. The quantitative estimate of drug-likeness (QED) is 0.429. The molecule has 1 N–H and O–H groups in total. The third kappa shape index (κ3) is 4.61. The summed E-state index contributed by atoms with van der Waals surface area (Å²) in [6.45, 7) is 0.463. The Bertz CT molecular complexity index is 670. The van der Waals surface area contributed by atoms with Crippen molar-refractivity contribution in [2.45, 2.75) is 48.8 Å². The Morgan fingerprint density at radius 1 is 1.28 bits per heavy atom. The van der Waals surface area contributed by atoms with Gasteiger partial charge in [-0.15, -0.1) is 28.1 Å². The maximum atomic E-state index is 14.2. The Hall–Kier alpha value is -1.40. The van der Waals surface area contributed by atoms with Crippen molar-refractivity contribution in [3.8, 4) is 5.75 Å². The average Bonchev–Trinajstić information content (AvgIpc) is 3.39. The van der Waals surface area contributed by atoms with Gasteiger partial charge in [-0.3, -0.25) is 4.79 Å². The highest BCUT2D eigenvalue weighted by Gasteiger charge is 2.33. The van der Waals surface area contributed by atoms with Crippen LogP contribution < -0.4 is 10.2 Å². The minimum absolute atomic E-state index is 0.194. The van der Waals surface area contributed by atoms with E-state index < -0.39 is 16.1 Å². The highest BCUT2D eigenvalue weighted by Crippen LogP contribution is 2.46. The molecule has 1 aromatic rings. The number of carbonyl (C=O) groups is 1. The number of hydrogen-bond acceptors (Lipinski definition) is 4. The number of nitrogens with zero attached hydrogens (tertiary/aromatic N) is 1. The third-order valence-electron chi connectivity index (χ3n) is 4.82. The molecule has 1 amide bonds. The lowest BCUT2D eigenvalue weighted by atomic mass is 9.89. The summed E-state index contributed by atoms with van der Waals surface area (Å²) in [5.74, 6) is -0.540. The van der Waals surface area contributed by atoms with Gasteiger partial charge in [0.05, 0.1) is 17.5 Å². The maximum absolute atomic E-state index is 14.2. The third-order valence-corrected chi connectivity index (χ3v) is 5.58. The van der Waals surface area contributed by atoms with Gasteiger partial charge >= 0.3 is 0 Å². The molecule has 0 radical (unpaired) electrons. The Morgan fingerprint density at radius 3 is 2.56 bits per heavy atom. The van der Waals surface area contributed by atoms with Crippen LogP contribution in [0.2, 0.25) is 0 Å². The normalized spacial score (nSPS) is 20.1. The zero-order chi connectivity index (χ0) is 18.0. The lowest BCUT2D eigenvalue weighted by molar-refractivity contribution is 0.0950. The van der Waals surface area contributed by atoms with Crippen molar-refractivity contribution in [1.82, 2.24) is 5.43 Å². The molecule has 0 unspecified atom stereocenters. The summed E-state index contributed by atoms with van der Waals surface area (Å²) in [4.78, 5) is 21.9. The minimum atomic E-state index is -0.853. The predicted octanol–water partition coefficient (Wildman–Crippen LogP) is 4.86. The van der Waals surface area contributed by atoms with Gasteiger partial charge in [0, 0.05) is 6.07 Å². The topological polar surface area (TPSA) is 67.8 Å². The van der Waals surface area contributed by atoms with Crippen LogP contribution in [0.15, 0.2) is 17.4 Å². The summed E-state index contributed by atoms with van der Waals surface area (Å²) in [7, 11) is 0. The summed E-state index contributed by atoms with van der Waals surface area (Å²) in [6.07, 6.45) is 5.09. The van der Waals surface area contributed by atoms with Crippen molar-refractivity contribution in [3.05, 3.63) is 34.0 Å². The predicted molar refractivity (Wildman–Crippen MR) is 93.5 cm³/mol. The second-order valence-electron chi connectivity index (χ2n) is 6.79. The standard InChI is InChI=1S/C17H19Cl2FN2O3/c18-17(19)5-3-10(4-6-17)9-25-15-8-14(20)13(16(23)21-22-24)7-12(15)11-1-2-11/h7-8,10-11H,1-6,9H2,(H,21,23,24). The molecule has 0 bridgehead atoms. The van der Waals surface area contributed by atoms with Crippen molar-refractivity contribution in [1.29, 1.82) is 0 Å². The molecule has 0 aliphatic heterocycles. The molecule has 8 heteroatoms. The van der Waals surface area contributed by atoms with Gasteiger partial charge in [-0.1, -0.05) is 0 Å². The fourth-order valence-corrected chi connectivity index (χ4v) is 3.60. The van der Waals surface area contributed by atoms with Crippen LogP contribution in [0, 0.1) is 16.6 Å². The Morgan fingerprint density at radius 2 is 1.96 bits per heavy atom. The van der Waals surface area contributed by atoms with Gasteiger partial charge in [-0.2, -0.15) is 0 Å². The van der Waals surface area contributed by atoms with Crippen LogP contribution >= 0.6 is 23.2 Å². The molecule has 0 aromatic heterocycles. The molecule has 1 aromatic carbocycles. The van der Waals surface area contributed by atoms with Gasteiger partial charge in [0.15, 0.2) is 0 Å². The first-order valence-corrected chi connectivity index (χ1v) is 9.12. The first-order chi connectivity index (χ1) is 11.9. The molecule has 2 aliphatic carbocycles. The van der Waals surface area contributed by atoms with Gasteiger partial charge in [0.25, 0.3) is 5.91 Å². The molecule has 5 nitrogen and oxygen atoms in total. The van der Waals surface area contributed by atoms with E-state index in [0.29, 0.717) is 31.1 Å². The zero-order valence-electron chi connectivity index (χ0n) is 13.6. The Labute approximate surface area is 155 Å². The van der Waals surface area contributed by atoms with Crippen LogP contribution in [0.4, 0.5) is 4.39 Å². The van der Waals surface area contributed by atoms with Crippen molar-refractivity contribution in [3.63, 3.8) is 0 Å². The second-order valence-corrected chi connectivity index (χ2v) is 8.43. The molecule has 136 valence electrons. The fraction of sp³-hybridized carbons (Fsp3) is 0.588. The summed E-state index contributed by atoms with van der Waals surface area (Å²) >= 11 is 12.3. The molecule has 0 heterocycles. The number of halogens is 3. The largest absolute Gasteiger partial charge is 0.493 e. The SMILES string of the molecule is O=NNC(=O)c1cc(C2CC2)c(OCC2CCC(Cl)(Cl)CC2)cc1F. The number of amides is 1. The minimum Gasteiger partial charge on any atom is -0.493 e. The molecule has 0 spiro atoms. The fourth-order valence-electron chi connectivity index (χ4n) is 3.16. The highest BCUT2D eigenvalue weighted by molar-refractivity contribution is 6.48. The van der Waals surface area contributed by atoms with Crippen molar-refractivity contribution < 1.29 is 13.9 Å². The van der Waals surface area contributed by atoms with Crippen LogP contribution in [0.5, 0.6) is 5.75 Å². The lowest BCUT2D eigenvalue weighted by Crippen LogP contribution is -2.26. The van der Waals surface area contributed by atoms with Gasteiger partial charge in [-0.05, 0) is 62.0 Å². The monoisotopic (exact) mass is 388 g/mol. The van der Waals surface area contributed by atoms with Gasteiger partial charge in [0.1, 0.15) is 15.9 Å². The lowest BCUT2D eigenvalue weighted by Gasteiger charge is -2.30. The number of rotatable bonds is 6. The van der Waals surface area contributed by atoms with E-state index in [0.717, 1.165) is 31.2 Å². The van der Waals surface area contributed by atoms with E-state index in [1.807, 2.05) is 0 Å². The van der Waals surface area contributed by atoms with Crippen molar-refractivity contribution >= 4 is 29.1 Å². The number of nitroso groups, excluding NO2 is 1. The molecule has 2 fully saturated rings. The molecule has 25 heavy (non-hydrogen) atoms. The number of nitrogens with one attached hydrogen (secondary N) is 1. The molecule has 0 saturated heterocycles. The maximum Gasteiger partial charge on any atom is 0.276 e. The Balaban J connectivity index is 1.71. The summed E-state index contributed by atoms with van der Waals surface area (Å²) in [6, 6.07) is 2.69. The van der Waals surface area contributed by atoms with Crippen molar-refractivity contribution in [2.24, 2.45) is 11.2 Å². The first kappa shape index (κ1) is 18.4. The zero-order valence-corrected chi connectivity index (χ0v) is 15.1. The number of hydrogen-bond donors (Lipinski definition) is 1. The smallest absolute Gasteiger partial charge is 0.276 e. The van der Waals surface area contributed by atoms with Gasteiger partial charge < -0.3 is 4.74 Å². The molecular formula is C17H19Cl2FN2O3. The van der Waals surface area contributed by atoms with E-state index in [4.69, 9.17) is 27.9 Å². The average molecular weight is 389 g/mol. The number of carbonyl (C=O) groups excluding carboxylic acids is 1. The molecule has 2 saturated carbocycles. The molecule has 2 aliphatic rings. The summed E-state index contributed by atoms with van der Waals surface area (Å²) in [5, 5.41) is 2.31. The molecule has 0 atom stereocenters. The number of benzene rings is 1.